The highest BCUT2D eigenvalue weighted by molar-refractivity contribution is 5.67. The summed E-state index contributed by atoms with van der Waals surface area (Å²) in [7, 11) is 0. The van der Waals surface area contributed by atoms with Gasteiger partial charge in [-0.3, -0.25) is 4.79 Å². The molecule has 0 aromatic heterocycles. The van der Waals surface area contributed by atoms with Crippen LogP contribution in [0.25, 0.3) is 0 Å². The Hall–Kier alpha value is -0.530. The van der Waals surface area contributed by atoms with Gasteiger partial charge < -0.3 is 5.11 Å². The predicted molar refractivity (Wildman–Crippen MR) is 57.2 cm³/mol. The molecule has 0 amide bonds. The Morgan fingerprint density at radius 3 is 2.07 bits per heavy atom. The molecule has 0 spiro atoms. The number of hydrogen-bond donors (Lipinski definition) is 1. The molecule has 1 fully saturated rings. The summed E-state index contributed by atoms with van der Waals surface area (Å²) in [6.45, 7) is 6.86. The van der Waals surface area contributed by atoms with Gasteiger partial charge >= 0.3 is 5.97 Å². The van der Waals surface area contributed by atoms with Crippen LogP contribution < -0.4 is 0 Å². The zero-order valence-corrected chi connectivity index (χ0v) is 9.55. The summed E-state index contributed by atoms with van der Waals surface area (Å²) in [5.41, 5.74) is 0.397. The van der Waals surface area contributed by atoms with Gasteiger partial charge in [0.25, 0.3) is 0 Å². The average Bonchev–Trinajstić information content (AvgIpc) is 2.02. The van der Waals surface area contributed by atoms with Crippen LogP contribution in [0.15, 0.2) is 0 Å². The Bertz CT molecular complexity index is 195. The van der Waals surface area contributed by atoms with E-state index in [-0.39, 0.29) is 0 Å². The third-order valence-corrected chi connectivity index (χ3v) is 3.53. The van der Waals surface area contributed by atoms with Gasteiger partial charge in [0, 0.05) is 6.42 Å². The van der Waals surface area contributed by atoms with Crippen LogP contribution in [-0.2, 0) is 4.79 Å². The zero-order chi connectivity index (χ0) is 10.8. The molecule has 1 saturated carbocycles. The largest absolute Gasteiger partial charge is 0.481 e. The fraction of sp³-hybridized carbons (Fsp3) is 0.917. The first-order chi connectivity index (χ1) is 6.39. The summed E-state index contributed by atoms with van der Waals surface area (Å²) in [5.74, 6) is 0.586. The predicted octanol–water partition coefficient (Wildman–Crippen LogP) is 3.31. The molecule has 0 aromatic rings. The van der Waals surface area contributed by atoms with E-state index in [1.54, 1.807) is 0 Å². The quantitative estimate of drug-likeness (QED) is 0.739. The molecule has 14 heavy (non-hydrogen) atoms. The van der Waals surface area contributed by atoms with Crippen molar-refractivity contribution in [3.05, 3.63) is 0 Å². The highest BCUT2D eigenvalue weighted by Crippen LogP contribution is 2.40. The van der Waals surface area contributed by atoms with Crippen molar-refractivity contribution < 1.29 is 9.90 Å². The Labute approximate surface area is 86.7 Å². The third kappa shape index (κ3) is 3.32. The molecule has 0 heterocycles. The zero-order valence-electron chi connectivity index (χ0n) is 9.55. The van der Waals surface area contributed by atoms with Crippen molar-refractivity contribution in [2.24, 2.45) is 17.3 Å². The maximum Gasteiger partial charge on any atom is 0.303 e. The molecule has 1 N–H and O–H groups in total. The molecule has 82 valence electrons. The van der Waals surface area contributed by atoms with Gasteiger partial charge in [-0.1, -0.05) is 20.8 Å². The van der Waals surface area contributed by atoms with E-state index < -0.39 is 5.97 Å². The minimum atomic E-state index is -0.635. The highest BCUT2D eigenvalue weighted by atomic mass is 16.4. The number of aliphatic carboxylic acids is 1. The molecule has 1 aliphatic rings. The van der Waals surface area contributed by atoms with Crippen LogP contribution in [0.1, 0.15) is 52.9 Å². The lowest BCUT2D eigenvalue weighted by Crippen LogP contribution is -2.26. The van der Waals surface area contributed by atoms with Crippen molar-refractivity contribution in [1.29, 1.82) is 0 Å². The molecule has 0 atom stereocenters. The molecule has 0 radical (unpaired) electrons. The Balaban J connectivity index is 2.35. The second kappa shape index (κ2) is 4.33. The van der Waals surface area contributed by atoms with Gasteiger partial charge in [0.05, 0.1) is 0 Å². The lowest BCUT2D eigenvalue weighted by atomic mass is 9.69. The van der Waals surface area contributed by atoms with Crippen molar-refractivity contribution in [1.82, 2.24) is 0 Å². The molecule has 1 rings (SSSR count). The summed E-state index contributed by atoms with van der Waals surface area (Å²) in [5, 5.41) is 8.69. The summed E-state index contributed by atoms with van der Waals surface area (Å²) < 4.78 is 0. The topological polar surface area (TPSA) is 37.3 Å². The SMILES string of the molecule is CC(C)(C)[C@H]1CC[C@@H](CC(=O)O)CC1. The molecule has 0 aromatic carbocycles. The van der Waals surface area contributed by atoms with E-state index >= 15 is 0 Å². The summed E-state index contributed by atoms with van der Waals surface area (Å²) in [6, 6.07) is 0. The average molecular weight is 198 g/mol. The fourth-order valence-corrected chi connectivity index (χ4v) is 2.48. The molecule has 2 heteroatoms. The number of carboxylic acid groups (broad SMARTS) is 1. The van der Waals surface area contributed by atoms with Crippen molar-refractivity contribution in [3.8, 4) is 0 Å². The van der Waals surface area contributed by atoms with Crippen LogP contribution in [-0.4, -0.2) is 11.1 Å². The first-order valence-electron chi connectivity index (χ1n) is 5.61. The maximum atomic E-state index is 10.5. The van der Waals surface area contributed by atoms with E-state index in [4.69, 9.17) is 5.11 Å². The minimum absolute atomic E-state index is 0.372. The lowest BCUT2D eigenvalue weighted by molar-refractivity contribution is -0.138. The molecule has 0 aliphatic heterocycles. The van der Waals surface area contributed by atoms with E-state index in [1.165, 1.54) is 12.8 Å². The van der Waals surface area contributed by atoms with Gasteiger partial charge in [0.1, 0.15) is 0 Å². The van der Waals surface area contributed by atoms with Crippen molar-refractivity contribution >= 4 is 5.97 Å². The summed E-state index contributed by atoms with van der Waals surface area (Å²) in [6.07, 6.45) is 5.00. The van der Waals surface area contributed by atoms with E-state index in [1.807, 2.05) is 0 Å². The number of hydrogen-bond acceptors (Lipinski definition) is 1. The number of rotatable bonds is 2. The normalized spacial score (nSPS) is 28.8. The van der Waals surface area contributed by atoms with Crippen LogP contribution in [0.4, 0.5) is 0 Å². The number of carboxylic acids is 1. The Kier molecular flexibility index (Phi) is 3.57. The maximum absolute atomic E-state index is 10.5. The molecule has 0 saturated heterocycles. The van der Waals surface area contributed by atoms with Crippen LogP contribution in [0, 0.1) is 17.3 Å². The third-order valence-electron chi connectivity index (χ3n) is 3.53. The fourth-order valence-electron chi connectivity index (χ4n) is 2.48. The van der Waals surface area contributed by atoms with Crippen molar-refractivity contribution in [2.45, 2.75) is 52.9 Å². The van der Waals surface area contributed by atoms with Gasteiger partial charge in [-0.2, -0.15) is 0 Å². The number of carbonyl (C=O) groups is 1. The van der Waals surface area contributed by atoms with Crippen molar-refractivity contribution in [3.63, 3.8) is 0 Å². The van der Waals surface area contributed by atoms with Gasteiger partial charge in [-0.25, -0.2) is 0 Å². The highest BCUT2D eigenvalue weighted by Gasteiger charge is 2.30. The first-order valence-corrected chi connectivity index (χ1v) is 5.61. The van der Waals surface area contributed by atoms with Crippen LogP contribution in [0.5, 0.6) is 0 Å². The van der Waals surface area contributed by atoms with E-state index in [9.17, 15) is 4.79 Å². The van der Waals surface area contributed by atoms with Crippen LogP contribution in [0.2, 0.25) is 0 Å². The second-order valence-corrected chi connectivity index (χ2v) is 5.68. The molecule has 1 aliphatic carbocycles. The standard InChI is InChI=1S/C12H22O2/c1-12(2,3)10-6-4-9(5-7-10)8-11(13)14/h9-10H,4-8H2,1-3H3,(H,13,14)/t9-,10+. The Morgan fingerprint density at radius 2 is 1.71 bits per heavy atom. The molecular weight excluding hydrogens is 176 g/mol. The van der Waals surface area contributed by atoms with E-state index in [2.05, 4.69) is 20.8 Å². The molecular formula is C12H22O2. The van der Waals surface area contributed by atoms with Crippen LogP contribution in [0.3, 0.4) is 0 Å². The smallest absolute Gasteiger partial charge is 0.303 e. The molecule has 0 unspecified atom stereocenters. The molecule has 2 nitrogen and oxygen atoms in total. The second-order valence-electron chi connectivity index (χ2n) is 5.68. The van der Waals surface area contributed by atoms with Gasteiger partial charge in [-0.05, 0) is 42.9 Å². The monoisotopic (exact) mass is 198 g/mol. The van der Waals surface area contributed by atoms with E-state index in [0.717, 1.165) is 18.8 Å². The van der Waals surface area contributed by atoms with Gasteiger partial charge in [-0.15, -0.1) is 0 Å². The van der Waals surface area contributed by atoms with Gasteiger partial charge in [0.2, 0.25) is 0 Å². The lowest BCUT2D eigenvalue weighted by Gasteiger charge is -2.36. The van der Waals surface area contributed by atoms with Crippen LogP contribution >= 0.6 is 0 Å². The Morgan fingerprint density at radius 1 is 1.21 bits per heavy atom. The minimum Gasteiger partial charge on any atom is -0.481 e. The summed E-state index contributed by atoms with van der Waals surface area (Å²) in [4.78, 5) is 10.5. The van der Waals surface area contributed by atoms with Crippen molar-refractivity contribution in [2.75, 3.05) is 0 Å². The summed E-state index contributed by atoms with van der Waals surface area (Å²) >= 11 is 0. The van der Waals surface area contributed by atoms with Gasteiger partial charge in [0.15, 0.2) is 0 Å². The molecule has 0 bridgehead atoms. The first kappa shape index (κ1) is 11.5. The van der Waals surface area contributed by atoms with E-state index in [0.29, 0.717) is 17.8 Å².